The van der Waals surface area contributed by atoms with Crippen molar-refractivity contribution in [3.05, 3.63) is 11.8 Å². The predicted molar refractivity (Wildman–Crippen MR) is 45.2 cm³/mol. The van der Waals surface area contributed by atoms with E-state index in [1.54, 1.807) is 0 Å². The van der Waals surface area contributed by atoms with Crippen molar-refractivity contribution in [1.29, 1.82) is 0 Å². The predicted octanol–water partition coefficient (Wildman–Crippen LogP) is 0.229. The van der Waals surface area contributed by atoms with Gasteiger partial charge in [0.15, 0.2) is 0 Å². The zero-order valence-corrected chi connectivity index (χ0v) is 6.81. The molecule has 0 unspecified atom stereocenters. The van der Waals surface area contributed by atoms with Crippen LogP contribution < -0.4 is 11.1 Å². The summed E-state index contributed by atoms with van der Waals surface area (Å²) in [5, 5.41) is 3.19. The monoisotopic (exact) mass is 156 g/mol. The van der Waals surface area contributed by atoms with Crippen molar-refractivity contribution in [1.82, 2.24) is 5.32 Å². The van der Waals surface area contributed by atoms with Crippen molar-refractivity contribution in [3.8, 4) is 0 Å². The van der Waals surface area contributed by atoms with E-state index >= 15 is 0 Å². The lowest BCUT2D eigenvalue weighted by Gasteiger charge is -2.14. The zero-order valence-electron chi connectivity index (χ0n) is 6.81. The highest BCUT2D eigenvalue weighted by Gasteiger charge is 2.02. The van der Waals surface area contributed by atoms with E-state index in [1.165, 1.54) is 0 Å². The number of nitrogens with one attached hydrogen (secondary N) is 1. The Morgan fingerprint density at radius 3 is 3.18 bits per heavy atom. The van der Waals surface area contributed by atoms with Crippen molar-refractivity contribution in [2.45, 2.75) is 12.8 Å². The number of allylic oxidation sites excluding steroid dienone is 1. The molecule has 1 heterocycles. The Labute approximate surface area is 67.6 Å². The highest BCUT2D eigenvalue weighted by molar-refractivity contribution is 4.97. The van der Waals surface area contributed by atoms with Crippen LogP contribution in [0.1, 0.15) is 12.8 Å². The van der Waals surface area contributed by atoms with E-state index < -0.39 is 0 Å². The van der Waals surface area contributed by atoms with Crippen LogP contribution in [0.2, 0.25) is 0 Å². The Morgan fingerprint density at radius 1 is 1.64 bits per heavy atom. The quantitative estimate of drug-likeness (QED) is 0.573. The summed E-state index contributed by atoms with van der Waals surface area (Å²) in [6.45, 7) is 3.25. The summed E-state index contributed by atoms with van der Waals surface area (Å²) >= 11 is 0. The van der Waals surface area contributed by atoms with Crippen LogP contribution in [0.25, 0.3) is 0 Å². The minimum absolute atomic E-state index is 0.688. The lowest BCUT2D eigenvalue weighted by Crippen LogP contribution is -2.25. The first-order valence-corrected chi connectivity index (χ1v) is 4.16. The summed E-state index contributed by atoms with van der Waals surface area (Å²) < 4.78 is 5.38. The molecule has 1 aliphatic rings. The van der Waals surface area contributed by atoms with Crippen molar-refractivity contribution in [2.75, 3.05) is 26.2 Å². The minimum Gasteiger partial charge on any atom is -0.497 e. The van der Waals surface area contributed by atoms with Gasteiger partial charge < -0.3 is 15.8 Å². The number of rotatable bonds is 4. The molecule has 0 fully saturated rings. The van der Waals surface area contributed by atoms with Gasteiger partial charge in [-0.3, -0.25) is 0 Å². The Kier molecular flexibility index (Phi) is 4.01. The van der Waals surface area contributed by atoms with E-state index in [2.05, 4.69) is 11.4 Å². The number of nitrogens with two attached hydrogens (primary N) is 1. The first kappa shape index (κ1) is 8.56. The van der Waals surface area contributed by atoms with Gasteiger partial charge in [-0.2, -0.15) is 0 Å². The van der Waals surface area contributed by atoms with Crippen molar-refractivity contribution in [2.24, 2.45) is 5.73 Å². The van der Waals surface area contributed by atoms with Crippen LogP contribution >= 0.6 is 0 Å². The molecule has 0 bridgehead atoms. The van der Waals surface area contributed by atoms with Crippen LogP contribution in [0.4, 0.5) is 0 Å². The van der Waals surface area contributed by atoms with Crippen LogP contribution in [-0.4, -0.2) is 26.2 Å². The maximum absolute atomic E-state index is 5.38. The first-order valence-electron chi connectivity index (χ1n) is 4.16. The lowest BCUT2D eigenvalue weighted by molar-refractivity contribution is 0.187. The molecule has 0 aromatic rings. The lowest BCUT2D eigenvalue weighted by atomic mass is 10.2. The summed E-state index contributed by atoms with van der Waals surface area (Å²) in [7, 11) is 0. The summed E-state index contributed by atoms with van der Waals surface area (Å²) in [4.78, 5) is 0. The van der Waals surface area contributed by atoms with E-state index in [-0.39, 0.29) is 0 Å². The Balaban J connectivity index is 2.09. The van der Waals surface area contributed by atoms with Gasteiger partial charge >= 0.3 is 0 Å². The third-order valence-corrected chi connectivity index (χ3v) is 1.63. The molecule has 0 aliphatic carbocycles. The summed E-state index contributed by atoms with van der Waals surface area (Å²) in [5.74, 6) is 1.07. The molecule has 3 heteroatoms. The number of hydrogen-bond acceptors (Lipinski definition) is 3. The molecule has 3 N–H and O–H groups in total. The van der Waals surface area contributed by atoms with E-state index in [9.17, 15) is 0 Å². The topological polar surface area (TPSA) is 47.3 Å². The fraction of sp³-hybridized carbons (Fsp3) is 0.750. The van der Waals surface area contributed by atoms with Gasteiger partial charge in [-0.15, -0.1) is 0 Å². The van der Waals surface area contributed by atoms with Gasteiger partial charge in [0.05, 0.1) is 13.2 Å². The van der Waals surface area contributed by atoms with Crippen LogP contribution in [0.3, 0.4) is 0 Å². The van der Waals surface area contributed by atoms with Crippen molar-refractivity contribution >= 4 is 0 Å². The Morgan fingerprint density at radius 2 is 2.55 bits per heavy atom. The highest BCUT2D eigenvalue weighted by Crippen LogP contribution is 2.07. The molecule has 64 valence electrons. The Bertz CT molecular complexity index is 134. The van der Waals surface area contributed by atoms with Gasteiger partial charge in [0.1, 0.15) is 5.76 Å². The van der Waals surface area contributed by atoms with E-state index in [1.807, 2.05) is 0 Å². The van der Waals surface area contributed by atoms with E-state index in [0.717, 1.165) is 38.3 Å². The maximum Gasteiger partial charge on any atom is 0.106 e. The van der Waals surface area contributed by atoms with Gasteiger partial charge in [0.2, 0.25) is 0 Å². The molecule has 0 radical (unpaired) electrons. The molecule has 0 aromatic carbocycles. The smallest absolute Gasteiger partial charge is 0.106 e. The summed E-state index contributed by atoms with van der Waals surface area (Å²) in [6, 6.07) is 0. The number of hydrogen-bond donors (Lipinski definition) is 2. The van der Waals surface area contributed by atoms with Gasteiger partial charge in [0, 0.05) is 13.1 Å². The zero-order chi connectivity index (χ0) is 7.94. The fourth-order valence-corrected chi connectivity index (χ4v) is 1.05. The second-order valence-corrected chi connectivity index (χ2v) is 2.63. The van der Waals surface area contributed by atoms with Crippen molar-refractivity contribution in [3.63, 3.8) is 0 Å². The highest BCUT2D eigenvalue weighted by atomic mass is 16.5. The Hall–Kier alpha value is -0.540. The van der Waals surface area contributed by atoms with Crippen LogP contribution in [0.5, 0.6) is 0 Å². The third kappa shape index (κ3) is 3.39. The molecule has 0 saturated carbocycles. The average Bonchev–Trinajstić information content (AvgIpc) is 2.07. The first-order chi connectivity index (χ1) is 5.43. The van der Waals surface area contributed by atoms with Gasteiger partial charge in [-0.05, 0) is 18.9 Å². The second kappa shape index (κ2) is 5.16. The molecule has 0 saturated heterocycles. The molecule has 0 spiro atoms. The van der Waals surface area contributed by atoms with Gasteiger partial charge in [-0.25, -0.2) is 0 Å². The fourth-order valence-electron chi connectivity index (χ4n) is 1.05. The summed E-state index contributed by atoms with van der Waals surface area (Å²) in [5.41, 5.74) is 5.32. The SMILES string of the molecule is NCCNCC1=CCCCO1. The second-order valence-electron chi connectivity index (χ2n) is 2.63. The molecule has 1 rings (SSSR count). The molecule has 11 heavy (non-hydrogen) atoms. The summed E-state index contributed by atoms with van der Waals surface area (Å²) in [6.07, 6.45) is 4.45. The molecular weight excluding hydrogens is 140 g/mol. The standard InChI is InChI=1S/C8H16N2O/c9-4-5-10-7-8-3-1-2-6-11-8/h3,10H,1-2,4-7,9H2. The minimum atomic E-state index is 0.688. The molecule has 1 aliphatic heterocycles. The number of ether oxygens (including phenoxy) is 1. The van der Waals surface area contributed by atoms with Gasteiger partial charge in [-0.1, -0.05) is 0 Å². The normalized spacial score (nSPS) is 17.4. The molecule has 0 atom stereocenters. The third-order valence-electron chi connectivity index (χ3n) is 1.63. The van der Waals surface area contributed by atoms with Gasteiger partial charge in [0.25, 0.3) is 0 Å². The van der Waals surface area contributed by atoms with Crippen LogP contribution in [-0.2, 0) is 4.74 Å². The van der Waals surface area contributed by atoms with E-state index in [4.69, 9.17) is 10.5 Å². The largest absolute Gasteiger partial charge is 0.497 e. The molecule has 0 aromatic heterocycles. The van der Waals surface area contributed by atoms with Crippen LogP contribution in [0, 0.1) is 0 Å². The molecular formula is C8H16N2O. The average molecular weight is 156 g/mol. The van der Waals surface area contributed by atoms with Crippen molar-refractivity contribution < 1.29 is 4.74 Å². The maximum atomic E-state index is 5.38. The van der Waals surface area contributed by atoms with E-state index in [0.29, 0.717) is 6.54 Å². The van der Waals surface area contributed by atoms with Crippen LogP contribution in [0.15, 0.2) is 11.8 Å². The molecule has 0 amide bonds. The molecule has 3 nitrogen and oxygen atoms in total.